The van der Waals surface area contributed by atoms with Gasteiger partial charge >= 0.3 is 0 Å². The molecule has 0 aliphatic rings. The molecule has 0 aromatic heterocycles. The first-order valence-electron chi connectivity index (χ1n) is 3.75. The maximum Gasteiger partial charge on any atom is 0.151 e. The topological polar surface area (TPSA) is 29.4 Å². The zero-order valence-electron chi connectivity index (χ0n) is 6.76. The third-order valence-electron chi connectivity index (χ3n) is 1.13. The lowest BCUT2D eigenvalue weighted by Gasteiger charge is -1.87. The molecule has 0 aliphatic carbocycles. The van der Waals surface area contributed by atoms with Crippen LogP contribution in [-0.4, -0.2) is 18.5 Å². The van der Waals surface area contributed by atoms with Crippen LogP contribution in [0.25, 0.3) is 0 Å². The summed E-state index contributed by atoms with van der Waals surface area (Å²) in [7, 11) is 0. The molecular weight excluding hydrogens is 126 g/mol. The molecule has 0 spiro atoms. The average Bonchev–Trinajstić information content (AvgIpc) is 1.87. The molecule has 0 fully saturated rings. The van der Waals surface area contributed by atoms with Crippen LogP contribution in [0.4, 0.5) is 0 Å². The fourth-order valence-corrected chi connectivity index (χ4v) is 0.580. The first-order valence-corrected chi connectivity index (χ1v) is 3.75. The van der Waals surface area contributed by atoms with E-state index in [1.165, 1.54) is 12.8 Å². The predicted molar refractivity (Wildman–Crippen MR) is 43.6 cm³/mol. The third kappa shape index (κ3) is 7.34. The van der Waals surface area contributed by atoms with Crippen LogP contribution in [0.5, 0.6) is 0 Å². The summed E-state index contributed by atoms with van der Waals surface area (Å²) in [6.07, 6.45) is 5.20. The van der Waals surface area contributed by atoms with Crippen LogP contribution in [0.3, 0.4) is 0 Å². The van der Waals surface area contributed by atoms with Crippen molar-refractivity contribution in [3.63, 3.8) is 0 Å². The Hall–Kier alpha value is -0.660. The van der Waals surface area contributed by atoms with E-state index in [0.717, 1.165) is 6.42 Å². The Morgan fingerprint density at radius 2 is 2.30 bits per heavy atom. The van der Waals surface area contributed by atoms with E-state index in [1.807, 2.05) is 6.21 Å². The highest BCUT2D eigenvalue weighted by Gasteiger charge is 1.85. The Bertz CT molecular complexity index is 118. The molecule has 10 heavy (non-hydrogen) atoms. The molecule has 0 aromatic carbocycles. The second kappa shape index (κ2) is 6.46. The largest absolute Gasteiger partial charge is 0.298 e. The molecule has 0 unspecified atom stereocenters. The lowest BCUT2D eigenvalue weighted by atomic mass is 10.3. The SMILES string of the molecule is CCCCC=NCC(C)=O. The van der Waals surface area contributed by atoms with Gasteiger partial charge in [0.15, 0.2) is 5.78 Å². The second-order valence-electron chi connectivity index (χ2n) is 2.37. The molecule has 0 aliphatic heterocycles. The number of nitrogens with zero attached hydrogens (tertiary/aromatic N) is 1. The summed E-state index contributed by atoms with van der Waals surface area (Å²) >= 11 is 0. The Morgan fingerprint density at radius 3 is 2.80 bits per heavy atom. The number of hydrogen-bond donors (Lipinski definition) is 0. The number of rotatable bonds is 5. The summed E-state index contributed by atoms with van der Waals surface area (Å²) in [6.45, 7) is 4.04. The van der Waals surface area contributed by atoms with E-state index >= 15 is 0 Å². The van der Waals surface area contributed by atoms with Crippen molar-refractivity contribution in [2.24, 2.45) is 4.99 Å². The van der Waals surface area contributed by atoms with E-state index in [0.29, 0.717) is 6.54 Å². The number of carbonyl (C=O) groups excluding carboxylic acids is 1. The van der Waals surface area contributed by atoms with Crippen molar-refractivity contribution in [1.82, 2.24) is 0 Å². The normalized spacial score (nSPS) is 10.6. The van der Waals surface area contributed by atoms with Crippen molar-refractivity contribution >= 4 is 12.0 Å². The molecule has 0 atom stereocenters. The van der Waals surface area contributed by atoms with Gasteiger partial charge in [0.2, 0.25) is 0 Å². The van der Waals surface area contributed by atoms with E-state index in [4.69, 9.17) is 0 Å². The van der Waals surface area contributed by atoms with Gasteiger partial charge in [-0.15, -0.1) is 0 Å². The standard InChI is InChI=1S/C8H15NO/c1-3-4-5-6-9-7-8(2)10/h6H,3-5,7H2,1-2H3. The predicted octanol–water partition coefficient (Wildman–Crippen LogP) is 1.84. The van der Waals surface area contributed by atoms with Gasteiger partial charge in [-0.25, -0.2) is 0 Å². The average molecular weight is 141 g/mol. The zero-order valence-corrected chi connectivity index (χ0v) is 6.76. The van der Waals surface area contributed by atoms with Crippen LogP contribution in [-0.2, 0) is 4.79 Å². The summed E-state index contributed by atoms with van der Waals surface area (Å²) in [5, 5.41) is 0. The highest BCUT2D eigenvalue weighted by Crippen LogP contribution is 1.89. The Kier molecular flexibility index (Phi) is 6.03. The molecule has 0 radical (unpaired) electrons. The Balaban J connectivity index is 3.12. The van der Waals surface area contributed by atoms with Gasteiger partial charge in [-0.05, 0) is 26.0 Å². The third-order valence-corrected chi connectivity index (χ3v) is 1.13. The molecule has 0 aromatic rings. The molecule has 0 heterocycles. The van der Waals surface area contributed by atoms with Gasteiger partial charge in [0.25, 0.3) is 0 Å². The van der Waals surface area contributed by atoms with E-state index in [1.54, 1.807) is 6.92 Å². The summed E-state index contributed by atoms with van der Waals surface area (Å²) in [5.74, 6) is 0.132. The maximum absolute atomic E-state index is 10.4. The smallest absolute Gasteiger partial charge is 0.151 e. The van der Waals surface area contributed by atoms with Crippen molar-refractivity contribution in [2.75, 3.05) is 6.54 Å². The minimum atomic E-state index is 0.132. The van der Waals surface area contributed by atoms with E-state index < -0.39 is 0 Å². The van der Waals surface area contributed by atoms with E-state index in [-0.39, 0.29) is 5.78 Å². The molecular formula is C8H15NO. The summed E-state index contributed by atoms with van der Waals surface area (Å²) in [4.78, 5) is 14.3. The molecule has 0 N–H and O–H groups in total. The lowest BCUT2D eigenvalue weighted by Crippen LogP contribution is -1.94. The summed E-state index contributed by atoms with van der Waals surface area (Å²) in [6, 6.07) is 0. The number of Topliss-reactive ketones (excluding diaryl/α,β-unsaturated/α-hetero) is 1. The molecule has 2 heteroatoms. The van der Waals surface area contributed by atoms with Gasteiger partial charge in [0, 0.05) is 0 Å². The van der Waals surface area contributed by atoms with Crippen molar-refractivity contribution in [2.45, 2.75) is 33.1 Å². The number of aliphatic imine (C=N–C) groups is 1. The van der Waals surface area contributed by atoms with E-state index in [9.17, 15) is 4.79 Å². The van der Waals surface area contributed by atoms with Gasteiger partial charge in [0.05, 0.1) is 6.54 Å². The number of ketones is 1. The van der Waals surface area contributed by atoms with Crippen LogP contribution >= 0.6 is 0 Å². The van der Waals surface area contributed by atoms with E-state index in [2.05, 4.69) is 11.9 Å². The number of unbranched alkanes of at least 4 members (excludes halogenated alkanes) is 2. The van der Waals surface area contributed by atoms with Crippen molar-refractivity contribution in [3.8, 4) is 0 Å². The van der Waals surface area contributed by atoms with Crippen LogP contribution in [0.1, 0.15) is 33.1 Å². The van der Waals surface area contributed by atoms with Gasteiger partial charge in [-0.3, -0.25) is 9.79 Å². The zero-order chi connectivity index (χ0) is 7.82. The highest BCUT2D eigenvalue weighted by atomic mass is 16.1. The van der Waals surface area contributed by atoms with Gasteiger partial charge in [-0.1, -0.05) is 13.3 Å². The Morgan fingerprint density at radius 1 is 1.60 bits per heavy atom. The molecule has 0 amide bonds. The summed E-state index contributed by atoms with van der Waals surface area (Å²) in [5.41, 5.74) is 0. The maximum atomic E-state index is 10.4. The fraction of sp³-hybridized carbons (Fsp3) is 0.750. The number of hydrogen-bond acceptors (Lipinski definition) is 2. The lowest BCUT2D eigenvalue weighted by molar-refractivity contribution is -0.115. The quantitative estimate of drug-likeness (QED) is 0.424. The molecule has 0 saturated carbocycles. The fourth-order valence-electron chi connectivity index (χ4n) is 0.580. The van der Waals surface area contributed by atoms with Crippen LogP contribution in [0.2, 0.25) is 0 Å². The highest BCUT2D eigenvalue weighted by molar-refractivity contribution is 5.79. The minimum absolute atomic E-state index is 0.132. The molecule has 58 valence electrons. The van der Waals surface area contributed by atoms with Gasteiger partial charge in [-0.2, -0.15) is 0 Å². The van der Waals surface area contributed by atoms with Gasteiger partial charge < -0.3 is 0 Å². The molecule has 2 nitrogen and oxygen atoms in total. The van der Waals surface area contributed by atoms with Crippen molar-refractivity contribution in [1.29, 1.82) is 0 Å². The van der Waals surface area contributed by atoms with Gasteiger partial charge in [0.1, 0.15) is 0 Å². The molecule has 0 rings (SSSR count). The first kappa shape index (κ1) is 9.34. The van der Waals surface area contributed by atoms with Crippen LogP contribution in [0, 0.1) is 0 Å². The first-order chi connectivity index (χ1) is 4.77. The van der Waals surface area contributed by atoms with Crippen LogP contribution < -0.4 is 0 Å². The number of carbonyl (C=O) groups is 1. The van der Waals surface area contributed by atoms with Crippen molar-refractivity contribution < 1.29 is 4.79 Å². The molecule has 0 bridgehead atoms. The Labute approximate surface area is 62.4 Å². The minimum Gasteiger partial charge on any atom is -0.298 e. The molecule has 0 saturated heterocycles. The monoisotopic (exact) mass is 141 g/mol. The second-order valence-corrected chi connectivity index (χ2v) is 2.37. The summed E-state index contributed by atoms with van der Waals surface area (Å²) < 4.78 is 0. The van der Waals surface area contributed by atoms with Crippen LogP contribution in [0.15, 0.2) is 4.99 Å². The van der Waals surface area contributed by atoms with Crippen molar-refractivity contribution in [3.05, 3.63) is 0 Å².